The molecule has 19 heavy (non-hydrogen) atoms. The Bertz CT molecular complexity index is 528. The molecule has 2 rings (SSSR count). The highest BCUT2D eigenvalue weighted by molar-refractivity contribution is 5.56. The Morgan fingerprint density at radius 1 is 1.37 bits per heavy atom. The van der Waals surface area contributed by atoms with Crippen molar-refractivity contribution in [1.29, 1.82) is 0 Å². The summed E-state index contributed by atoms with van der Waals surface area (Å²) in [5.41, 5.74) is 0.556. The predicted molar refractivity (Wildman–Crippen MR) is 68.5 cm³/mol. The fraction of sp³-hybridized carbons (Fsp3) is 0.308. The molecule has 0 amide bonds. The van der Waals surface area contributed by atoms with Gasteiger partial charge >= 0.3 is 6.61 Å². The van der Waals surface area contributed by atoms with Crippen molar-refractivity contribution in [2.45, 2.75) is 20.1 Å². The number of hydrogen-bond acceptors (Lipinski definition) is 3. The third-order valence-corrected chi connectivity index (χ3v) is 2.69. The van der Waals surface area contributed by atoms with Crippen LogP contribution < -0.4 is 10.1 Å². The molecule has 1 heterocycles. The van der Waals surface area contributed by atoms with Crippen LogP contribution in [0.15, 0.2) is 36.7 Å². The highest BCUT2D eigenvalue weighted by atomic mass is 19.3. The summed E-state index contributed by atoms with van der Waals surface area (Å²) >= 11 is 0. The van der Waals surface area contributed by atoms with Crippen LogP contribution in [0.5, 0.6) is 5.75 Å². The van der Waals surface area contributed by atoms with Gasteiger partial charge in [-0.3, -0.25) is 0 Å². The van der Waals surface area contributed by atoms with Crippen molar-refractivity contribution in [2.75, 3.05) is 11.9 Å². The van der Waals surface area contributed by atoms with Gasteiger partial charge in [-0.25, -0.2) is 4.98 Å². The SMILES string of the molecule is Cc1nccn1CCNc1ccccc1OC(F)F. The van der Waals surface area contributed by atoms with Gasteiger partial charge in [-0.15, -0.1) is 0 Å². The molecule has 102 valence electrons. The average Bonchev–Trinajstić information content (AvgIpc) is 2.77. The van der Waals surface area contributed by atoms with Crippen LogP contribution in [-0.2, 0) is 6.54 Å². The second kappa shape index (κ2) is 6.17. The molecule has 0 saturated carbocycles. The number of hydrogen-bond donors (Lipinski definition) is 1. The van der Waals surface area contributed by atoms with Crippen molar-refractivity contribution in [3.8, 4) is 5.75 Å². The molecule has 0 aliphatic carbocycles. The van der Waals surface area contributed by atoms with Crippen LogP contribution >= 0.6 is 0 Å². The molecule has 4 nitrogen and oxygen atoms in total. The number of rotatable bonds is 6. The smallest absolute Gasteiger partial charge is 0.387 e. The Morgan fingerprint density at radius 3 is 2.84 bits per heavy atom. The lowest BCUT2D eigenvalue weighted by atomic mass is 10.3. The molecule has 1 aromatic heterocycles. The van der Waals surface area contributed by atoms with E-state index < -0.39 is 6.61 Å². The van der Waals surface area contributed by atoms with Crippen LogP contribution in [0.25, 0.3) is 0 Å². The summed E-state index contributed by atoms with van der Waals surface area (Å²) in [6.45, 7) is 0.391. The summed E-state index contributed by atoms with van der Waals surface area (Å²) in [7, 11) is 0. The minimum absolute atomic E-state index is 0.153. The highest BCUT2D eigenvalue weighted by Crippen LogP contribution is 2.25. The number of benzene rings is 1. The normalized spacial score (nSPS) is 10.7. The van der Waals surface area contributed by atoms with Crippen molar-refractivity contribution >= 4 is 5.69 Å². The predicted octanol–water partition coefficient (Wildman–Crippen LogP) is 2.91. The Morgan fingerprint density at radius 2 is 2.16 bits per heavy atom. The first-order valence-electron chi connectivity index (χ1n) is 5.92. The fourth-order valence-electron chi connectivity index (χ4n) is 1.76. The van der Waals surface area contributed by atoms with Gasteiger partial charge in [-0.05, 0) is 19.1 Å². The van der Waals surface area contributed by atoms with Gasteiger partial charge in [0, 0.05) is 25.5 Å². The van der Waals surface area contributed by atoms with E-state index in [0.29, 0.717) is 18.8 Å². The number of para-hydroxylation sites is 2. The van der Waals surface area contributed by atoms with Crippen LogP contribution in [-0.4, -0.2) is 22.7 Å². The zero-order valence-electron chi connectivity index (χ0n) is 10.5. The maximum absolute atomic E-state index is 12.2. The van der Waals surface area contributed by atoms with Gasteiger partial charge in [0.25, 0.3) is 0 Å². The number of ether oxygens (including phenoxy) is 1. The summed E-state index contributed by atoms with van der Waals surface area (Å²) in [5.74, 6) is 1.07. The minimum atomic E-state index is -2.82. The summed E-state index contributed by atoms with van der Waals surface area (Å²) in [5, 5.41) is 3.08. The number of nitrogens with zero attached hydrogens (tertiary/aromatic N) is 2. The lowest BCUT2D eigenvalue weighted by molar-refractivity contribution is -0.0493. The Kier molecular flexibility index (Phi) is 4.33. The molecule has 0 saturated heterocycles. The number of aromatic nitrogens is 2. The summed E-state index contributed by atoms with van der Waals surface area (Å²) in [6, 6.07) is 6.64. The van der Waals surface area contributed by atoms with Crippen molar-refractivity contribution in [3.63, 3.8) is 0 Å². The average molecular weight is 267 g/mol. The Hall–Kier alpha value is -2.11. The van der Waals surface area contributed by atoms with Crippen LogP contribution in [0.2, 0.25) is 0 Å². The maximum atomic E-state index is 12.2. The van der Waals surface area contributed by atoms with E-state index in [2.05, 4.69) is 15.0 Å². The topological polar surface area (TPSA) is 39.1 Å². The molecule has 1 aromatic carbocycles. The third kappa shape index (κ3) is 3.67. The second-order valence-electron chi connectivity index (χ2n) is 3.97. The van der Waals surface area contributed by atoms with Crippen LogP contribution in [0, 0.1) is 6.92 Å². The van der Waals surface area contributed by atoms with Crippen LogP contribution in [0.3, 0.4) is 0 Å². The van der Waals surface area contributed by atoms with Gasteiger partial charge in [0.2, 0.25) is 0 Å². The number of imidazole rings is 1. The first-order chi connectivity index (χ1) is 9.16. The molecular weight excluding hydrogens is 252 g/mol. The quantitative estimate of drug-likeness (QED) is 0.874. The molecule has 1 N–H and O–H groups in total. The molecule has 2 aromatic rings. The molecule has 6 heteroatoms. The van der Waals surface area contributed by atoms with E-state index in [-0.39, 0.29) is 5.75 Å². The number of aryl methyl sites for hydroxylation is 1. The van der Waals surface area contributed by atoms with Gasteiger partial charge in [-0.2, -0.15) is 8.78 Å². The molecule has 0 unspecified atom stereocenters. The standard InChI is InChI=1S/C13H15F2N3O/c1-10-16-6-8-18(10)9-7-17-11-4-2-3-5-12(11)19-13(14)15/h2-6,8,13,17H,7,9H2,1H3. The second-order valence-corrected chi connectivity index (χ2v) is 3.97. The van der Waals surface area contributed by atoms with E-state index in [1.807, 2.05) is 17.7 Å². The van der Waals surface area contributed by atoms with E-state index >= 15 is 0 Å². The third-order valence-electron chi connectivity index (χ3n) is 2.69. The maximum Gasteiger partial charge on any atom is 0.387 e. The molecule has 0 fully saturated rings. The van der Waals surface area contributed by atoms with Gasteiger partial charge in [0.05, 0.1) is 5.69 Å². The van der Waals surface area contributed by atoms with E-state index in [4.69, 9.17) is 0 Å². The molecule has 0 atom stereocenters. The molecule has 0 bridgehead atoms. The number of alkyl halides is 2. The summed E-state index contributed by atoms with van der Waals surface area (Å²) < 4.78 is 30.9. The van der Waals surface area contributed by atoms with E-state index in [1.54, 1.807) is 24.4 Å². The first kappa shape index (κ1) is 13.3. The van der Waals surface area contributed by atoms with E-state index in [1.165, 1.54) is 6.07 Å². The van der Waals surface area contributed by atoms with Crippen molar-refractivity contribution in [3.05, 3.63) is 42.5 Å². The van der Waals surface area contributed by atoms with Crippen molar-refractivity contribution < 1.29 is 13.5 Å². The largest absolute Gasteiger partial charge is 0.433 e. The van der Waals surface area contributed by atoms with Crippen LogP contribution in [0.1, 0.15) is 5.82 Å². The summed E-state index contributed by atoms with van der Waals surface area (Å²) in [6.07, 6.45) is 3.60. The van der Waals surface area contributed by atoms with Crippen LogP contribution in [0.4, 0.5) is 14.5 Å². The number of nitrogens with one attached hydrogen (secondary N) is 1. The zero-order valence-corrected chi connectivity index (χ0v) is 10.5. The molecular formula is C13H15F2N3O. The molecule has 0 spiro atoms. The molecule has 0 aliphatic heterocycles. The highest BCUT2D eigenvalue weighted by Gasteiger charge is 2.08. The lowest BCUT2D eigenvalue weighted by Crippen LogP contribution is -2.12. The van der Waals surface area contributed by atoms with Crippen molar-refractivity contribution in [2.24, 2.45) is 0 Å². The summed E-state index contributed by atoms with van der Waals surface area (Å²) in [4.78, 5) is 4.11. The fourth-order valence-corrected chi connectivity index (χ4v) is 1.76. The van der Waals surface area contributed by atoms with E-state index in [0.717, 1.165) is 5.82 Å². The number of anilines is 1. The molecule has 0 radical (unpaired) electrons. The molecule has 0 aliphatic rings. The van der Waals surface area contributed by atoms with Gasteiger partial charge < -0.3 is 14.6 Å². The van der Waals surface area contributed by atoms with E-state index in [9.17, 15) is 8.78 Å². The first-order valence-corrected chi connectivity index (χ1v) is 5.92. The van der Waals surface area contributed by atoms with Gasteiger partial charge in [0.15, 0.2) is 0 Å². The Labute approximate surface area is 110 Å². The lowest BCUT2D eigenvalue weighted by Gasteiger charge is -2.13. The number of halogens is 2. The Balaban J connectivity index is 1.94. The van der Waals surface area contributed by atoms with Gasteiger partial charge in [-0.1, -0.05) is 12.1 Å². The zero-order chi connectivity index (χ0) is 13.7. The minimum Gasteiger partial charge on any atom is -0.433 e. The van der Waals surface area contributed by atoms with Gasteiger partial charge in [0.1, 0.15) is 11.6 Å². The van der Waals surface area contributed by atoms with Crippen molar-refractivity contribution in [1.82, 2.24) is 9.55 Å². The monoisotopic (exact) mass is 267 g/mol.